The van der Waals surface area contributed by atoms with Gasteiger partial charge >= 0.3 is 0 Å². The smallest absolute Gasteiger partial charge is 0.107 e. The lowest BCUT2D eigenvalue weighted by atomic mass is 9.77. The van der Waals surface area contributed by atoms with E-state index >= 15 is 0 Å². The standard InChI is InChI=1S/C16H27N3S/c1-12-11-20-16(19-12)10-18-15-7-3-2-6-13(15)14-8-4-5-9-17-14/h11,13-15,17-18H,2-10H2,1H3. The van der Waals surface area contributed by atoms with Gasteiger partial charge in [0.05, 0.1) is 0 Å². The summed E-state index contributed by atoms with van der Waals surface area (Å²) in [6.07, 6.45) is 9.68. The minimum atomic E-state index is 0.684. The van der Waals surface area contributed by atoms with Crippen molar-refractivity contribution in [2.45, 2.75) is 70.5 Å². The molecule has 112 valence electrons. The second-order valence-electron chi connectivity index (χ2n) is 6.37. The summed E-state index contributed by atoms with van der Waals surface area (Å²) in [5.74, 6) is 0.824. The van der Waals surface area contributed by atoms with Crippen LogP contribution >= 0.6 is 11.3 Å². The maximum absolute atomic E-state index is 4.57. The van der Waals surface area contributed by atoms with E-state index in [2.05, 4.69) is 27.9 Å². The molecule has 2 aliphatic rings. The maximum atomic E-state index is 4.57. The highest BCUT2D eigenvalue weighted by Gasteiger charge is 2.32. The molecule has 1 saturated carbocycles. The Kier molecular flexibility index (Phi) is 5.08. The van der Waals surface area contributed by atoms with E-state index in [0.29, 0.717) is 6.04 Å². The Bertz CT molecular complexity index is 412. The summed E-state index contributed by atoms with van der Waals surface area (Å²) in [7, 11) is 0. The van der Waals surface area contributed by atoms with Crippen LogP contribution in [0.1, 0.15) is 55.6 Å². The highest BCUT2D eigenvalue weighted by molar-refractivity contribution is 7.09. The van der Waals surface area contributed by atoms with E-state index in [1.54, 1.807) is 11.3 Å². The minimum absolute atomic E-state index is 0.684. The first-order chi connectivity index (χ1) is 9.83. The summed E-state index contributed by atoms with van der Waals surface area (Å²) in [5, 5.41) is 11.0. The molecule has 0 aromatic carbocycles. The van der Waals surface area contributed by atoms with Crippen LogP contribution in [0.15, 0.2) is 5.38 Å². The highest BCUT2D eigenvalue weighted by atomic mass is 32.1. The van der Waals surface area contributed by atoms with Crippen LogP contribution in [0.25, 0.3) is 0 Å². The summed E-state index contributed by atoms with van der Waals surface area (Å²) < 4.78 is 0. The van der Waals surface area contributed by atoms with Crippen molar-refractivity contribution in [3.8, 4) is 0 Å². The molecule has 1 aromatic rings. The minimum Gasteiger partial charge on any atom is -0.314 e. The number of rotatable bonds is 4. The lowest BCUT2D eigenvalue weighted by molar-refractivity contribution is 0.181. The Morgan fingerprint density at radius 3 is 2.85 bits per heavy atom. The van der Waals surface area contributed by atoms with Crippen molar-refractivity contribution in [2.24, 2.45) is 5.92 Å². The first-order valence-electron chi connectivity index (χ1n) is 8.21. The molecular weight excluding hydrogens is 266 g/mol. The predicted octanol–water partition coefficient (Wildman–Crippen LogP) is 3.24. The molecule has 1 saturated heterocycles. The van der Waals surface area contributed by atoms with E-state index in [9.17, 15) is 0 Å². The fraction of sp³-hybridized carbons (Fsp3) is 0.812. The summed E-state index contributed by atoms with van der Waals surface area (Å²) in [6, 6.07) is 1.43. The van der Waals surface area contributed by atoms with Gasteiger partial charge in [-0.3, -0.25) is 0 Å². The van der Waals surface area contributed by atoms with Gasteiger partial charge in [0.25, 0.3) is 0 Å². The zero-order chi connectivity index (χ0) is 13.8. The molecule has 3 rings (SSSR count). The van der Waals surface area contributed by atoms with Gasteiger partial charge in [-0.25, -0.2) is 4.98 Å². The fourth-order valence-corrected chi connectivity index (χ4v) is 4.56. The lowest BCUT2D eigenvalue weighted by Gasteiger charge is -2.40. The first kappa shape index (κ1) is 14.5. The molecule has 3 nitrogen and oxygen atoms in total. The topological polar surface area (TPSA) is 37.0 Å². The Hall–Kier alpha value is -0.450. The van der Waals surface area contributed by atoms with Crippen LogP contribution in [0.5, 0.6) is 0 Å². The number of hydrogen-bond acceptors (Lipinski definition) is 4. The van der Waals surface area contributed by atoms with Gasteiger partial charge in [-0.15, -0.1) is 11.3 Å². The third-order valence-corrected chi connectivity index (χ3v) is 5.83. The zero-order valence-corrected chi connectivity index (χ0v) is 13.3. The molecule has 0 amide bonds. The number of piperidine rings is 1. The van der Waals surface area contributed by atoms with Crippen LogP contribution in [0.2, 0.25) is 0 Å². The average molecular weight is 293 g/mol. The molecule has 4 heteroatoms. The van der Waals surface area contributed by atoms with Gasteiger partial charge in [-0.05, 0) is 45.1 Å². The van der Waals surface area contributed by atoms with E-state index in [4.69, 9.17) is 0 Å². The van der Waals surface area contributed by atoms with Crippen LogP contribution in [0.4, 0.5) is 0 Å². The SMILES string of the molecule is Cc1csc(CNC2CCCCC2C2CCCCN2)n1. The third-order valence-electron chi connectivity index (χ3n) is 4.87. The molecule has 1 aliphatic carbocycles. The molecule has 1 aromatic heterocycles. The number of nitrogens with zero attached hydrogens (tertiary/aromatic N) is 1. The summed E-state index contributed by atoms with van der Waals surface area (Å²) in [6.45, 7) is 4.25. The molecule has 2 fully saturated rings. The van der Waals surface area contributed by atoms with Crippen molar-refractivity contribution in [1.29, 1.82) is 0 Å². The van der Waals surface area contributed by atoms with Crippen molar-refractivity contribution in [3.63, 3.8) is 0 Å². The van der Waals surface area contributed by atoms with E-state index in [1.165, 1.54) is 56.5 Å². The molecule has 3 atom stereocenters. The Morgan fingerprint density at radius 1 is 1.25 bits per heavy atom. The van der Waals surface area contributed by atoms with Crippen molar-refractivity contribution >= 4 is 11.3 Å². The van der Waals surface area contributed by atoms with Crippen LogP contribution in [0, 0.1) is 12.8 Å². The molecule has 2 N–H and O–H groups in total. The van der Waals surface area contributed by atoms with Crippen molar-refractivity contribution < 1.29 is 0 Å². The average Bonchev–Trinajstić information content (AvgIpc) is 2.92. The molecule has 0 radical (unpaired) electrons. The Labute approximate surface area is 126 Å². The monoisotopic (exact) mass is 293 g/mol. The number of aromatic nitrogens is 1. The van der Waals surface area contributed by atoms with E-state index in [1.807, 2.05) is 0 Å². The second-order valence-corrected chi connectivity index (χ2v) is 7.32. The van der Waals surface area contributed by atoms with E-state index < -0.39 is 0 Å². The Morgan fingerprint density at radius 2 is 2.10 bits per heavy atom. The van der Waals surface area contributed by atoms with Gasteiger partial charge in [0.15, 0.2) is 0 Å². The summed E-state index contributed by atoms with van der Waals surface area (Å²) in [5.41, 5.74) is 1.15. The number of hydrogen-bond donors (Lipinski definition) is 2. The third kappa shape index (κ3) is 3.60. The fourth-order valence-electron chi connectivity index (χ4n) is 3.84. The second kappa shape index (κ2) is 7.01. The van der Waals surface area contributed by atoms with Crippen molar-refractivity contribution in [1.82, 2.24) is 15.6 Å². The van der Waals surface area contributed by atoms with Crippen LogP contribution in [-0.2, 0) is 6.54 Å². The summed E-state index contributed by atoms with van der Waals surface area (Å²) in [4.78, 5) is 4.57. The number of aryl methyl sites for hydroxylation is 1. The van der Waals surface area contributed by atoms with Crippen molar-refractivity contribution in [3.05, 3.63) is 16.1 Å². The maximum Gasteiger partial charge on any atom is 0.107 e. The van der Waals surface area contributed by atoms with Gasteiger partial charge in [-0.2, -0.15) is 0 Å². The molecule has 20 heavy (non-hydrogen) atoms. The van der Waals surface area contributed by atoms with Gasteiger partial charge in [-0.1, -0.05) is 19.3 Å². The normalized spacial score (nSPS) is 31.4. The molecule has 3 unspecified atom stereocenters. The first-order valence-corrected chi connectivity index (χ1v) is 9.08. The molecule has 2 heterocycles. The molecule has 0 spiro atoms. The van der Waals surface area contributed by atoms with Gasteiger partial charge < -0.3 is 10.6 Å². The van der Waals surface area contributed by atoms with Crippen LogP contribution in [0.3, 0.4) is 0 Å². The molecule has 0 bridgehead atoms. The summed E-state index contributed by atoms with van der Waals surface area (Å²) >= 11 is 1.79. The zero-order valence-electron chi connectivity index (χ0n) is 12.5. The van der Waals surface area contributed by atoms with Crippen molar-refractivity contribution in [2.75, 3.05) is 6.54 Å². The van der Waals surface area contributed by atoms with Gasteiger partial charge in [0.1, 0.15) is 5.01 Å². The molecule has 1 aliphatic heterocycles. The highest BCUT2D eigenvalue weighted by Crippen LogP contribution is 2.30. The van der Waals surface area contributed by atoms with Gasteiger partial charge in [0, 0.05) is 29.7 Å². The van der Waals surface area contributed by atoms with Gasteiger partial charge in [0.2, 0.25) is 0 Å². The van der Waals surface area contributed by atoms with E-state index in [-0.39, 0.29) is 0 Å². The predicted molar refractivity (Wildman–Crippen MR) is 85.1 cm³/mol. The Balaban J connectivity index is 1.57. The van der Waals surface area contributed by atoms with Crippen LogP contribution in [-0.4, -0.2) is 23.6 Å². The van der Waals surface area contributed by atoms with E-state index in [0.717, 1.165) is 24.2 Å². The number of thiazole rings is 1. The number of nitrogens with one attached hydrogen (secondary N) is 2. The largest absolute Gasteiger partial charge is 0.314 e. The molecular formula is C16H27N3S. The van der Waals surface area contributed by atoms with Crippen LogP contribution < -0.4 is 10.6 Å². The lowest BCUT2D eigenvalue weighted by Crippen LogP contribution is -2.50. The quantitative estimate of drug-likeness (QED) is 0.895.